The highest BCUT2D eigenvalue weighted by Crippen LogP contribution is 2.18. The van der Waals surface area contributed by atoms with E-state index in [4.69, 9.17) is 15.6 Å². The molecule has 0 spiro atoms. The summed E-state index contributed by atoms with van der Waals surface area (Å²) in [4.78, 5) is 23.7. The van der Waals surface area contributed by atoms with Gasteiger partial charge in [-0.25, -0.2) is 9.59 Å². The van der Waals surface area contributed by atoms with Crippen molar-refractivity contribution in [1.82, 2.24) is 4.98 Å². The largest absolute Gasteiger partial charge is 0.497 e. The smallest absolute Gasteiger partial charge is 0.331 e. The van der Waals surface area contributed by atoms with Crippen LogP contribution >= 0.6 is 0 Å². The Morgan fingerprint density at radius 1 is 1.35 bits per heavy atom. The number of rotatable bonds is 5. The minimum Gasteiger partial charge on any atom is -0.497 e. The van der Waals surface area contributed by atoms with E-state index in [2.05, 4.69) is 9.72 Å². The molecule has 7 heteroatoms. The van der Waals surface area contributed by atoms with Crippen LogP contribution in [0.2, 0.25) is 0 Å². The Balaban J connectivity index is 0.000000230. The summed E-state index contributed by atoms with van der Waals surface area (Å²) in [5, 5.41) is 9.33. The summed E-state index contributed by atoms with van der Waals surface area (Å²) in [6.07, 6.45) is 3.47. The second-order valence-electron chi connectivity index (χ2n) is 4.71. The number of H-pyrrole nitrogens is 1. The summed E-state index contributed by atoms with van der Waals surface area (Å²) in [6.45, 7) is 1.76. The number of methoxy groups -OCH3 is 1. The van der Waals surface area contributed by atoms with Gasteiger partial charge in [0.25, 0.3) is 0 Å². The molecule has 124 valence electrons. The van der Waals surface area contributed by atoms with Crippen LogP contribution in [-0.4, -0.2) is 41.8 Å². The Hall–Kier alpha value is -2.80. The molecule has 0 fully saturated rings. The average Bonchev–Trinajstić information content (AvgIpc) is 2.98. The Morgan fingerprint density at radius 2 is 2.09 bits per heavy atom. The number of nitrogens with one attached hydrogen (secondary N) is 1. The second kappa shape index (κ2) is 9.26. The van der Waals surface area contributed by atoms with Gasteiger partial charge in [-0.2, -0.15) is 0 Å². The van der Waals surface area contributed by atoms with Crippen molar-refractivity contribution in [3.8, 4) is 5.75 Å². The van der Waals surface area contributed by atoms with Gasteiger partial charge in [-0.3, -0.25) is 0 Å². The van der Waals surface area contributed by atoms with Crippen LogP contribution in [0.25, 0.3) is 10.9 Å². The highest BCUT2D eigenvalue weighted by atomic mass is 16.5. The number of carbonyl (C=O) groups excluding carboxylic acids is 1. The Morgan fingerprint density at radius 3 is 2.70 bits per heavy atom. The Bertz CT molecular complexity index is 676. The van der Waals surface area contributed by atoms with Crippen molar-refractivity contribution < 1.29 is 24.2 Å². The molecule has 1 aromatic carbocycles. The first-order valence-electron chi connectivity index (χ1n) is 6.87. The van der Waals surface area contributed by atoms with Gasteiger partial charge in [0.1, 0.15) is 12.4 Å². The van der Waals surface area contributed by atoms with Crippen molar-refractivity contribution in [3.05, 3.63) is 42.6 Å². The molecule has 0 aliphatic rings. The van der Waals surface area contributed by atoms with Gasteiger partial charge in [-0.1, -0.05) is 0 Å². The third-order valence-corrected chi connectivity index (χ3v) is 2.61. The SMILES string of the molecule is CC(N)COC(=O)/C=C/C(=O)O.COc1ccc2cc[nH]c2c1. The zero-order chi connectivity index (χ0) is 17.2. The minimum absolute atomic E-state index is 0.0861. The maximum Gasteiger partial charge on any atom is 0.331 e. The highest BCUT2D eigenvalue weighted by Gasteiger charge is 2.00. The number of carbonyl (C=O) groups is 2. The molecule has 1 atom stereocenters. The molecule has 0 amide bonds. The molecule has 1 aromatic heterocycles. The van der Waals surface area contributed by atoms with Gasteiger partial charge in [0.2, 0.25) is 0 Å². The van der Waals surface area contributed by atoms with Gasteiger partial charge in [-0.15, -0.1) is 0 Å². The van der Waals surface area contributed by atoms with Gasteiger partial charge in [-0.05, 0) is 30.5 Å². The number of fused-ring (bicyclic) bond motifs is 1. The molecule has 4 N–H and O–H groups in total. The summed E-state index contributed by atoms with van der Waals surface area (Å²) < 4.78 is 9.61. The van der Waals surface area contributed by atoms with Gasteiger partial charge in [0.15, 0.2) is 0 Å². The third-order valence-electron chi connectivity index (χ3n) is 2.61. The van der Waals surface area contributed by atoms with E-state index < -0.39 is 11.9 Å². The first-order chi connectivity index (χ1) is 10.9. The lowest BCUT2D eigenvalue weighted by molar-refractivity contribution is -0.139. The van der Waals surface area contributed by atoms with Gasteiger partial charge in [0, 0.05) is 36.0 Å². The number of aromatic amines is 1. The molecule has 23 heavy (non-hydrogen) atoms. The maximum absolute atomic E-state index is 10.6. The molecule has 0 aliphatic heterocycles. The zero-order valence-corrected chi connectivity index (χ0v) is 13.0. The molecule has 2 rings (SSSR count). The van der Waals surface area contributed by atoms with Crippen molar-refractivity contribution in [2.24, 2.45) is 5.73 Å². The summed E-state index contributed by atoms with van der Waals surface area (Å²) in [5.74, 6) is -0.998. The van der Waals surface area contributed by atoms with E-state index in [0.29, 0.717) is 6.08 Å². The number of hydrogen-bond acceptors (Lipinski definition) is 5. The number of hydrogen-bond donors (Lipinski definition) is 3. The number of nitrogens with two attached hydrogens (primary N) is 1. The average molecular weight is 320 g/mol. The van der Waals surface area contributed by atoms with Crippen LogP contribution in [0.15, 0.2) is 42.6 Å². The molecule has 0 aliphatic carbocycles. The predicted octanol–water partition coefficient (Wildman–Crippen LogP) is 1.69. The topological polar surface area (TPSA) is 115 Å². The van der Waals surface area contributed by atoms with E-state index >= 15 is 0 Å². The second-order valence-corrected chi connectivity index (χ2v) is 4.71. The zero-order valence-electron chi connectivity index (χ0n) is 13.0. The fraction of sp³-hybridized carbons (Fsp3) is 0.250. The van der Waals surface area contributed by atoms with Crippen LogP contribution in [0.3, 0.4) is 0 Å². The summed E-state index contributed by atoms with van der Waals surface area (Å²) >= 11 is 0. The standard InChI is InChI=1S/C9H9NO.C7H11NO4/c1-11-8-3-2-7-4-5-10-9(7)6-8;1-5(8)4-12-7(11)3-2-6(9)10/h2-6,10H,1H3;2-3,5H,4,8H2,1H3,(H,9,10)/b;3-2+. The summed E-state index contributed by atoms with van der Waals surface area (Å²) in [7, 11) is 1.67. The van der Waals surface area contributed by atoms with Crippen molar-refractivity contribution in [1.29, 1.82) is 0 Å². The lowest BCUT2D eigenvalue weighted by atomic mass is 10.2. The maximum atomic E-state index is 10.6. The Kier molecular flexibility index (Phi) is 7.35. The number of esters is 1. The summed E-state index contributed by atoms with van der Waals surface area (Å²) in [6, 6.07) is 7.76. The van der Waals surface area contributed by atoms with Crippen LogP contribution in [0.1, 0.15) is 6.92 Å². The van der Waals surface area contributed by atoms with Crippen LogP contribution in [0.5, 0.6) is 5.75 Å². The van der Waals surface area contributed by atoms with Crippen LogP contribution in [-0.2, 0) is 14.3 Å². The van der Waals surface area contributed by atoms with Crippen LogP contribution in [0, 0.1) is 0 Å². The monoisotopic (exact) mass is 320 g/mol. The molecule has 1 heterocycles. The number of aromatic nitrogens is 1. The highest BCUT2D eigenvalue weighted by molar-refractivity contribution is 5.90. The van der Waals surface area contributed by atoms with Gasteiger partial charge >= 0.3 is 11.9 Å². The normalized spacial score (nSPS) is 11.6. The molecular weight excluding hydrogens is 300 g/mol. The fourth-order valence-electron chi connectivity index (χ4n) is 1.55. The molecule has 1 unspecified atom stereocenters. The van der Waals surface area contributed by atoms with E-state index in [1.165, 1.54) is 5.39 Å². The number of carboxylic acid groups (broad SMARTS) is 1. The molecule has 2 aromatic rings. The van der Waals surface area contributed by atoms with Crippen molar-refractivity contribution in [2.45, 2.75) is 13.0 Å². The van der Waals surface area contributed by atoms with E-state index in [1.54, 1.807) is 14.0 Å². The van der Waals surface area contributed by atoms with Crippen molar-refractivity contribution in [2.75, 3.05) is 13.7 Å². The first kappa shape index (κ1) is 18.2. The van der Waals surface area contributed by atoms with E-state index in [0.717, 1.165) is 17.3 Å². The molecular formula is C16H20N2O5. The van der Waals surface area contributed by atoms with E-state index in [9.17, 15) is 9.59 Å². The Labute approximate surface area is 133 Å². The molecule has 0 saturated carbocycles. The van der Waals surface area contributed by atoms with E-state index in [-0.39, 0.29) is 12.6 Å². The fourth-order valence-corrected chi connectivity index (χ4v) is 1.55. The molecule has 0 radical (unpaired) electrons. The van der Waals surface area contributed by atoms with E-state index in [1.807, 2.05) is 30.5 Å². The van der Waals surface area contributed by atoms with Gasteiger partial charge < -0.3 is 25.3 Å². The molecule has 7 nitrogen and oxygen atoms in total. The van der Waals surface area contributed by atoms with Crippen LogP contribution in [0.4, 0.5) is 0 Å². The number of carboxylic acids is 1. The first-order valence-corrected chi connectivity index (χ1v) is 6.87. The lowest BCUT2D eigenvalue weighted by Gasteiger charge is -2.03. The number of ether oxygens (including phenoxy) is 2. The van der Waals surface area contributed by atoms with Crippen LogP contribution < -0.4 is 10.5 Å². The van der Waals surface area contributed by atoms with Crippen molar-refractivity contribution >= 4 is 22.8 Å². The minimum atomic E-state index is -1.19. The third kappa shape index (κ3) is 7.14. The predicted molar refractivity (Wildman–Crippen MR) is 86.2 cm³/mol. The van der Waals surface area contributed by atoms with Crippen molar-refractivity contribution in [3.63, 3.8) is 0 Å². The number of aliphatic carboxylic acids is 1. The quantitative estimate of drug-likeness (QED) is 0.570. The number of benzene rings is 1. The lowest BCUT2D eigenvalue weighted by Crippen LogP contribution is -2.23. The summed E-state index contributed by atoms with van der Waals surface area (Å²) in [5.41, 5.74) is 6.39. The molecule has 0 bridgehead atoms. The molecule has 0 saturated heterocycles. The van der Waals surface area contributed by atoms with Gasteiger partial charge in [0.05, 0.1) is 7.11 Å².